The number of halogens is 1. The lowest BCUT2D eigenvalue weighted by Gasteiger charge is -2.42. The first-order chi connectivity index (χ1) is 17.9. The second kappa shape index (κ2) is 10.5. The van der Waals surface area contributed by atoms with Crippen molar-refractivity contribution in [3.8, 4) is 5.75 Å². The quantitative estimate of drug-likeness (QED) is 0.334. The van der Waals surface area contributed by atoms with Crippen molar-refractivity contribution in [3.05, 3.63) is 70.2 Å². The molecule has 4 rings (SSSR count). The molecule has 0 saturated heterocycles. The molecule has 1 aliphatic heterocycles. The van der Waals surface area contributed by atoms with Gasteiger partial charge >= 0.3 is 0 Å². The van der Waals surface area contributed by atoms with E-state index >= 15 is 0 Å². The van der Waals surface area contributed by atoms with E-state index in [9.17, 15) is 14.0 Å². The molecule has 0 radical (unpaired) electrons. The number of primary amides is 1. The Kier molecular flexibility index (Phi) is 7.66. The van der Waals surface area contributed by atoms with Crippen LogP contribution in [0.4, 0.5) is 4.39 Å². The first kappa shape index (κ1) is 27.8. The number of nitrogens with two attached hydrogens (primary N) is 1. The molecule has 0 fully saturated rings. The van der Waals surface area contributed by atoms with Crippen LogP contribution in [-0.2, 0) is 24.2 Å². The largest absolute Gasteiger partial charge is 0.541 e. The van der Waals surface area contributed by atoms with E-state index in [1.807, 2.05) is 6.07 Å². The lowest BCUT2D eigenvalue weighted by molar-refractivity contribution is -0.117. The number of rotatable bonds is 9. The summed E-state index contributed by atoms with van der Waals surface area (Å²) >= 11 is 0. The predicted molar refractivity (Wildman–Crippen MR) is 151 cm³/mol. The van der Waals surface area contributed by atoms with Crippen molar-refractivity contribution in [1.29, 1.82) is 0 Å². The maximum Gasteiger partial charge on any atom is 0.258 e. The predicted octanol–water partition coefficient (Wildman–Crippen LogP) is 6.13. The van der Waals surface area contributed by atoms with Gasteiger partial charge < -0.3 is 15.1 Å². The molecule has 2 heterocycles. The standard InChI is InChI=1S/C30H38FN3O3Si/c1-17(2)38(18(3)4,19(5)6)37-29-27-25(16-34(7)30(27)36)23(14-26(32)35)24-13-21(15-33-28(24)29)12-20-8-10-22(31)11-9-20/h8-11,13,15,17-19H,12,14,16H2,1-7H3,(H2,32,35). The summed E-state index contributed by atoms with van der Waals surface area (Å²) in [5.41, 5.74) is 11.1. The molecule has 0 spiro atoms. The van der Waals surface area contributed by atoms with Gasteiger partial charge in [0.15, 0.2) is 0 Å². The van der Waals surface area contributed by atoms with Gasteiger partial charge in [0.05, 0.1) is 12.0 Å². The van der Waals surface area contributed by atoms with Gasteiger partial charge in [-0.1, -0.05) is 53.7 Å². The molecule has 38 heavy (non-hydrogen) atoms. The Morgan fingerprint density at radius 1 is 1.08 bits per heavy atom. The summed E-state index contributed by atoms with van der Waals surface area (Å²) in [6.07, 6.45) is 2.34. The van der Waals surface area contributed by atoms with E-state index < -0.39 is 14.2 Å². The van der Waals surface area contributed by atoms with Crippen molar-refractivity contribution >= 4 is 31.0 Å². The van der Waals surface area contributed by atoms with Crippen LogP contribution in [0.1, 0.15) is 74.2 Å². The summed E-state index contributed by atoms with van der Waals surface area (Å²) in [6.45, 7) is 13.6. The van der Waals surface area contributed by atoms with Gasteiger partial charge in [-0.15, -0.1) is 0 Å². The Balaban J connectivity index is 2.00. The third-order valence-corrected chi connectivity index (χ3v) is 14.0. The van der Waals surface area contributed by atoms with Gasteiger partial charge in [-0.3, -0.25) is 14.6 Å². The average Bonchev–Trinajstić information content (AvgIpc) is 3.13. The lowest BCUT2D eigenvalue weighted by Crippen LogP contribution is -2.51. The fourth-order valence-corrected chi connectivity index (χ4v) is 11.6. The topological polar surface area (TPSA) is 85.5 Å². The molecule has 3 aromatic rings. The van der Waals surface area contributed by atoms with Crippen LogP contribution in [-0.4, -0.2) is 37.1 Å². The van der Waals surface area contributed by atoms with E-state index in [1.54, 1.807) is 30.3 Å². The number of aromatic nitrogens is 1. The number of amides is 2. The summed E-state index contributed by atoms with van der Waals surface area (Å²) in [5, 5.41) is 0.777. The van der Waals surface area contributed by atoms with Gasteiger partial charge in [0.1, 0.15) is 17.1 Å². The van der Waals surface area contributed by atoms with Crippen LogP contribution in [0.3, 0.4) is 0 Å². The van der Waals surface area contributed by atoms with Crippen LogP contribution in [0.25, 0.3) is 10.9 Å². The Morgan fingerprint density at radius 3 is 2.24 bits per heavy atom. The van der Waals surface area contributed by atoms with Crippen LogP contribution < -0.4 is 10.2 Å². The molecular weight excluding hydrogens is 497 g/mol. The van der Waals surface area contributed by atoms with Gasteiger partial charge in [-0.05, 0) is 63.5 Å². The molecule has 0 bridgehead atoms. The summed E-state index contributed by atoms with van der Waals surface area (Å²) in [7, 11) is -0.687. The van der Waals surface area contributed by atoms with E-state index in [-0.39, 0.29) is 18.1 Å². The van der Waals surface area contributed by atoms with E-state index in [2.05, 4.69) is 41.5 Å². The highest BCUT2D eigenvalue weighted by Crippen LogP contribution is 2.47. The Morgan fingerprint density at radius 2 is 1.68 bits per heavy atom. The zero-order chi connectivity index (χ0) is 27.9. The Bertz CT molecular complexity index is 1360. The smallest absolute Gasteiger partial charge is 0.258 e. The molecule has 0 aliphatic carbocycles. The summed E-state index contributed by atoms with van der Waals surface area (Å²) in [5.74, 6) is -0.343. The molecular formula is C30H38FN3O3Si. The third kappa shape index (κ3) is 4.82. The third-order valence-electron chi connectivity index (χ3n) is 7.99. The van der Waals surface area contributed by atoms with Crippen molar-refractivity contribution in [2.45, 2.75) is 77.6 Å². The van der Waals surface area contributed by atoms with Crippen LogP contribution >= 0.6 is 0 Å². The number of nitrogens with zero attached hydrogens (tertiary/aromatic N) is 2. The zero-order valence-electron chi connectivity index (χ0n) is 23.4. The minimum Gasteiger partial charge on any atom is -0.541 e. The molecule has 8 heteroatoms. The van der Waals surface area contributed by atoms with E-state index in [1.165, 1.54) is 12.1 Å². The van der Waals surface area contributed by atoms with Gasteiger partial charge in [0.2, 0.25) is 5.91 Å². The molecule has 1 aromatic heterocycles. The lowest BCUT2D eigenvalue weighted by atomic mass is 9.93. The normalized spacial score (nSPS) is 13.8. The molecule has 2 amide bonds. The number of hydrogen-bond acceptors (Lipinski definition) is 4. The molecule has 202 valence electrons. The van der Waals surface area contributed by atoms with Gasteiger partial charge in [-0.25, -0.2) is 4.39 Å². The van der Waals surface area contributed by atoms with Crippen LogP contribution in [0.5, 0.6) is 5.75 Å². The maximum atomic E-state index is 13.5. The van der Waals surface area contributed by atoms with Crippen LogP contribution in [0.2, 0.25) is 16.6 Å². The number of benzene rings is 2. The molecule has 0 saturated carbocycles. The summed E-state index contributed by atoms with van der Waals surface area (Å²) in [6, 6.07) is 8.40. The number of carbonyl (C=O) groups excluding carboxylic acids is 2. The van der Waals surface area contributed by atoms with Crippen molar-refractivity contribution in [2.24, 2.45) is 5.73 Å². The minimum absolute atomic E-state index is 0.00300. The molecule has 1 aliphatic rings. The SMILES string of the molecule is CC(C)[Si](Oc1c2c(c(CC(N)=O)c3cc(Cc4ccc(F)cc4)cnc13)CN(C)C2=O)(C(C)C)C(C)C. The second-order valence-electron chi connectivity index (χ2n) is 11.4. The average molecular weight is 536 g/mol. The summed E-state index contributed by atoms with van der Waals surface area (Å²) in [4.78, 5) is 32.2. The van der Waals surface area contributed by atoms with Crippen molar-refractivity contribution in [2.75, 3.05) is 7.05 Å². The molecule has 2 aromatic carbocycles. The molecule has 2 N–H and O–H groups in total. The van der Waals surface area contributed by atoms with E-state index in [4.69, 9.17) is 15.1 Å². The maximum absolute atomic E-state index is 13.5. The Hall–Kier alpha value is -3.26. The fourth-order valence-electron chi connectivity index (χ4n) is 6.33. The molecule has 0 unspecified atom stereocenters. The number of carbonyl (C=O) groups is 2. The van der Waals surface area contributed by atoms with Crippen molar-refractivity contribution < 1.29 is 18.4 Å². The zero-order valence-corrected chi connectivity index (χ0v) is 24.4. The van der Waals surface area contributed by atoms with Crippen LogP contribution in [0, 0.1) is 5.82 Å². The highest BCUT2D eigenvalue weighted by molar-refractivity contribution is 6.78. The number of hydrogen-bond donors (Lipinski definition) is 1. The number of pyridine rings is 1. The monoisotopic (exact) mass is 535 g/mol. The van der Waals surface area contributed by atoms with E-state index in [0.29, 0.717) is 46.4 Å². The first-order valence-electron chi connectivity index (χ1n) is 13.3. The number of fused-ring (bicyclic) bond motifs is 2. The van der Waals surface area contributed by atoms with Crippen molar-refractivity contribution in [1.82, 2.24) is 9.88 Å². The fraction of sp³-hybridized carbons (Fsp3) is 0.433. The highest BCUT2D eigenvalue weighted by Gasteiger charge is 2.48. The highest BCUT2D eigenvalue weighted by atomic mass is 28.4. The van der Waals surface area contributed by atoms with Crippen LogP contribution in [0.15, 0.2) is 36.5 Å². The molecule has 0 atom stereocenters. The van der Waals surface area contributed by atoms with E-state index in [0.717, 1.165) is 27.6 Å². The minimum atomic E-state index is -2.45. The van der Waals surface area contributed by atoms with Crippen molar-refractivity contribution in [3.63, 3.8) is 0 Å². The van der Waals surface area contributed by atoms with Gasteiger partial charge in [0, 0.05) is 25.2 Å². The van der Waals surface area contributed by atoms with Gasteiger partial charge in [0.25, 0.3) is 14.2 Å². The second-order valence-corrected chi connectivity index (χ2v) is 16.8. The Labute approximate surface area is 225 Å². The van der Waals surface area contributed by atoms with Gasteiger partial charge in [-0.2, -0.15) is 0 Å². The molecule has 6 nitrogen and oxygen atoms in total. The summed E-state index contributed by atoms with van der Waals surface area (Å²) < 4.78 is 20.6. The first-order valence-corrected chi connectivity index (χ1v) is 15.4.